The third-order valence-corrected chi connectivity index (χ3v) is 2.43. The average Bonchev–Trinajstić information content (AvgIpc) is 2.90. The van der Waals surface area contributed by atoms with E-state index in [9.17, 15) is 0 Å². The second kappa shape index (κ2) is 4.84. The highest BCUT2D eigenvalue weighted by molar-refractivity contribution is 5.04. The predicted molar refractivity (Wildman–Crippen MR) is 57.5 cm³/mol. The molecule has 2 N–H and O–H groups in total. The van der Waals surface area contributed by atoms with Crippen LogP contribution >= 0.6 is 0 Å². The second-order valence-corrected chi connectivity index (χ2v) is 3.51. The monoisotopic (exact) mass is 221 g/mol. The van der Waals surface area contributed by atoms with E-state index in [0.29, 0.717) is 0 Å². The number of nitrogens with one attached hydrogen (secondary N) is 2. The fourth-order valence-electron chi connectivity index (χ4n) is 1.59. The number of aromatic amines is 1. The average molecular weight is 221 g/mol. The van der Waals surface area contributed by atoms with Gasteiger partial charge in [-0.05, 0) is 6.54 Å². The molecule has 1 unspecified atom stereocenters. The van der Waals surface area contributed by atoms with Gasteiger partial charge in [0, 0.05) is 13.5 Å². The maximum Gasteiger partial charge on any atom is 0.138 e. The van der Waals surface area contributed by atoms with Gasteiger partial charge in [0.15, 0.2) is 0 Å². The van der Waals surface area contributed by atoms with Gasteiger partial charge in [-0.1, -0.05) is 6.92 Å². The van der Waals surface area contributed by atoms with Gasteiger partial charge in [0.25, 0.3) is 0 Å². The van der Waals surface area contributed by atoms with E-state index in [0.717, 1.165) is 24.5 Å². The first kappa shape index (κ1) is 10.7. The van der Waals surface area contributed by atoms with Crippen molar-refractivity contribution < 1.29 is 0 Å². The summed E-state index contributed by atoms with van der Waals surface area (Å²) in [6.07, 6.45) is 4.03. The summed E-state index contributed by atoms with van der Waals surface area (Å²) in [5.41, 5.74) is 0.893. The van der Waals surface area contributed by atoms with Gasteiger partial charge in [-0.3, -0.25) is 4.68 Å². The number of aromatic nitrogens is 6. The summed E-state index contributed by atoms with van der Waals surface area (Å²) in [7, 11) is 1.88. The van der Waals surface area contributed by atoms with E-state index < -0.39 is 0 Å². The summed E-state index contributed by atoms with van der Waals surface area (Å²) in [5, 5.41) is 17.9. The van der Waals surface area contributed by atoms with Crippen molar-refractivity contribution >= 4 is 0 Å². The number of H-pyrrole nitrogens is 1. The number of likely N-dealkylation sites (N-methyl/N-ethyl adjacent to an activating group) is 1. The molecule has 0 saturated carbocycles. The highest BCUT2D eigenvalue weighted by Gasteiger charge is 2.16. The first-order valence-electron chi connectivity index (χ1n) is 5.23. The van der Waals surface area contributed by atoms with E-state index in [-0.39, 0.29) is 6.04 Å². The van der Waals surface area contributed by atoms with Crippen molar-refractivity contribution in [2.45, 2.75) is 19.4 Å². The maximum atomic E-state index is 4.20. The second-order valence-electron chi connectivity index (χ2n) is 3.51. The van der Waals surface area contributed by atoms with Gasteiger partial charge in [-0.2, -0.15) is 20.5 Å². The fraction of sp³-hybridized carbons (Fsp3) is 0.556. The zero-order chi connectivity index (χ0) is 11.4. The summed E-state index contributed by atoms with van der Waals surface area (Å²) in [6, 6.07) is 0.117. The first-order valence-corrected chi connectivity index (χ1v) is 5.23. The number of hydrogen-bond donors (Lipinski definition) is 2. The van der Waals surface area contributed by atoms with Crippen molar-refractivity contribution in [3.8, 4) is 0 Å². The number of aryl methyl sites for hydroxylation is 1. The highest BCUT2D eigenvalue weighted by atomic mass is 15.3. The highest BCUT2D eigenvalue weighted by Crippen LogP contribution is 2.13. The first-order chi connectivity index (χ1) is 7.81. The molecule has 0 spiro atoms. The van der Waals surface area contributed by atoms with E-state index in [4.69, 9.17) is 0 Å². The minimum Gasteiger partial charge on any atom is -0.308 e. The Morgan fingerprint density at radius 3 is 3.00 bits per heavy atom. The Balaban J connectivity index is 2.12. The minimum absolute atomic E-state index is 0.117. The van der Waals surface area contributed by atoms with Crippen LogP contribution in [0.25, 0.3) is 0 Å². The van der Waals surface area contributed by atoms with Crippen LogP contribution < -0.4 is 5.32 Å². The lowest BCUT2D eigenvalue weighted by Crippen LogP contribution is -2.24. The molecule has 7 heteroatoms. The quantitative estimate of drug-likeness (QED) is 0.732. The Labute approximate surface area is 93.3 Å². The molecule has 1 atom stereocenters. The standard InChI is InChI=1S/C9H15N7/c1-3-10-7(8-5-12-15-14-8)4-9-11-6-13-16(9)2/h5-7,10H,3-4H2,1-2H3,(H,12,14,15). The third kappa shape index (κ3) is 2.25. The lowest BCUT2D eigenvalue weighted by atomic mass is 10.1. The van der Waals surface area contributed by atoms with Crippen LogP contribution in [0.1, 0.15) is 24.5 Å². The van der Waals surface area contributed by atoms with Crippen molar-refractivity contribution in [1.82, 2.24) is 35.5 Å². The fourth-order valence-corrected chi connectivity index (χ4v) is 1.59. The molecule has 2 aromatic heterocycles. The molecule has 0 saturated heterocycles. The van der Waals surface area contributed by atoms with Crippen molar-refractivity contribution in [3.63, 3.8) is 0 Å². The van der Waals surface area contributed by atoms with Crippen molar-refractivity contribution in [3.05, 3.63) is 24.0 Å². The molecule has 0 radical (unpaired) electrons. The van der Waals surface area contributed by atoms with Crippen LogP contribution in [0.2, 0.25) is 0 Å². The van der Waals surface area contributed by atoms with Gasteiger partial charge in [0.05, 0.1) is 17.9 Å². The molecule has 0 bridgehead atoms. The topological polar surface area (TPSA) is 84.3 Å². The van der Waals surface area contributed by atoms with Crippen LogP contribution in [0, 0.1) is 0 Å². The lowest BCUT2D eigenvalue weighted by molar-refractivity contribution is 0.510. The van der Waals surface area contributed by atoms with Gasteiger partial charge in [0.1, 0.15) is 12.2 Å². The van der Waals surface area contributed by atoms with E-state index in [2.05, 4.69) is 37.7 Å². The third-order valence-electron chi connectivity index (χ3n) is 2.43. The van der Waals surface area contributed by atoms with Gasteiger partial charge in [-0.25, -0.2) is 4.98 Å². The molecule has 0 fully saturated rings. The molecule has 0 aliphatic heterocycles. The molecule has 2 heterocycles. The zero-order valence-corrected chi connectivity index (χ0v) is 9.38. The largest absolute Gasteiger partial charge is 0.308 e. The maximum absolute atomic E-state index is 4.20. The molecule has 0 amide bonds. The smallest absolute Gasteiger partial charge is 0.138 e. The minimum atomic E-state index is 0.117. The molecule has 0 aliphatic rings. The lowest BCUT2D eigenvalue weighted by Gasteiger charge is -2.14. The Bertz CT molecular complexity index is 419. The van der Waals surface area contributed by atoms with Crippen molar-refractivity contribution in [2.24, 2.45) is 7.05 Å². The zero-order valence-electron chi connectivity index (χ0n) is 9.38. The van der Waals surface area contributed by atoms with E-state index in [1.807, 2.05) is 7.05 Å². The molecule has 86 valence electrons. The Hall–Kier alpha value is -1.76. The molecule has 2 aromatic rings. The van der Waals surface area contributed by atoms with E-state index in [1.165, 1.54) is 0 Å². The summed E-state index contributed by atoms with van der Waals surface area (Å²) in [4.78, 5) is 4.20. The van der Waals surface area contributed by atoms with E-state index >= 15 is 0 Å². The predicted octanol–water partition coefficient (Wildman–Crippen LogP) is -0.174. The molecular formula is C9H15N7. The van der Waals surface area contributed by atoms with Crippen LogP contribution in [0.15, 0.2) is 12.5 Å². The summed E-state index contributed by atoms with van der Waals surface area (Å²) in [5.74, 6) is 0.925. The molecule has 16 heavy (non-hydrogen) atoms. The van der Waals surface area contributed by atoms with Crippen LogP contribution in [-0.2, 0) is 13.5 Å². The van der Waals surface area contributed by atoms with Gasteiger partial charge < -0.3 is 5.32 Å². The van der Waals surface area contributed by atoms with Crippen LogP contribution in [0.3, 0.4) is 0 Å². The van der Waals surface area contributed by atoms with Gasteiger partial charge >= 0.3 is 0 Å². The molecule has 0 aromatic carbocycles. The molecular weight excluding hydrogens is 206 g/mol. The Kier molecular flexibility index (Phi) is 3.25. The Morgan fingerprint density at radius 2 is 2.44 bits per heavy atom. The molecule has 2 rings (SSSR count). The van der Waals surface area contributed by atoms with Crippen molar-refractivity contribution in [1.29, 1.82) is 0 Å². The molecule has 7 nitrogen and oxygen atoms in total. The van der Waals surface area contributed by atoms with Crippen LogP contribution in [0.5, 0.6) is 0 Å². The van der Waals surface area contributed by atoms with Crippen LogP contribution in [0.4, 0.5) is 0 Å². The normalized spacial score (nSPS) is 12.9. The number of nitrogens with zero attached hydrogens (tertiary/aromatic N) is 5. The number of hydrogen-bond acceptors (Lipinski definition) is 5. The van der Waals surface area contributed by atoms with Crippen molar-refractivity contribution in [2.75, 3.05) is 6.54 Å². The SMILES string of the molecule is CCNC(Cc1ncnn1C)c1cn[nH]n1. The molecule has 0 aliphatic carbocycles. The van der Waals surface area contributed by atoms with E-state index in [1.54, 1.807) is 17.2 Å². The van der Waals surface area contributed by atoms with Crippen LogP contribution in [-0.4, -0.2) is 36.7 Å². The Morgan fingerprint density at radius 1 is 1.56 bits per heavy atom. The van der Waals surface area contributed by atoms with Gasteiger partial charge in [0.2, 0.25) is 0 Å². The van der Waals surface area contributed by atoms with Gasteiger partial charge in [-0.15, -0.1) is 0 Å². The number of rotatable bonds is 5. The summed E-state index contributed by atoms with van der Waals surface area (Å²) in [6.45, 7) is 2.93. The summed E-state index contributed by atoms with van der Waals surface area (Å²) >= 11 is 0. The summed E-state index contributed by atoms with van der Waals surface area (Å²) < 4.78 is 1.77.